The van der Waals surface area contributed by atoms with Crippen molar-refractivity contribution >= 4 is 11.3 Å². The monoisotopic (exact) mass is 413 g/mol. The Bertz CT molecular complexity index is 1200. The van der Waals surface area contributed by atoms with E-state index in [0.29, 0.717) is 24.4 Å². The Labute approximate surface area is 182 Å². The molecule has 0 bridgehead atoms. The molecule has 31 heavy (non-hydrogen) atoms. The first kappa shape index (κ1) is 19.6. The SMILES string of the molecule is CN(C)[C@H]1C[C@@H](c2nc(-c3cccc(OCc4ccccc4)c3)c3c(N)nccn32)C1. The van der Waals surface area contributed by atoms with Gasteiger partial charge in [0.05, 0.1) is 0 Å². The summed E-state index contributed by atoms with van der Waals surface area (Å²) in [7, 11) is 4.28. The van der Waals surface area contributed by atoms with Crippen LogP contribution in [0.2, 0.25) is 0 Å². The summed E-state index contributed by atoms with van der Waals surface area (Å²) in [5.41, 5.74) is 10.2. The summed E-state index contributed by atoms with van der Waals surface area (Å²) in [6.07, 6.45) is 5.93. The number of rotatable bonds is 6. The number of ether oxygens (including phenoxy) is 1. The van der Waals surface area contributed by atoms with E-state index in [1.807, 2.05) is 42.6 Å². The Kier molecular flexibility index (Phi) is 5.08. The van der Waals surface area contributed by atoms with Crippen LogP contribution in [0.15, 0.2) is 67.0 Å². The molecule has 1 fully saturated rings. The van der Waals surface area contributed by atoms with Gasteiger partial charge < -0.3 is 15.4 Å². The van der Waals surface area contributed by atoms with E-state index in [9.17, 15) is 0 Å². The third kappa shape index (κ3) is 3.75. The fraction of sp³-hybridized carbons (Fsp3) is 0.280. The third-order valence-electron chi connectivity index (χ3n) is 6.17. The molecule has 1 aliphatic carbocycles. The molecule has 0 aliphatic heterocycles. The van der Waals surface area contributed by atoms with Crippen LogP contribution in [-0.2, 0) is 6.61 Å². The van der Waals surface area contributed by atoms with Crippen LogP contribution in [0.5, 0.6) is 5.75 Å². The molecule has 0 spiro atoms. The molecule has 6 nitrogen and oxygen atoms in total. The van der Waals surface area contributed by atoms with Gasteiger partial charge in [-0.2, -0.15) is 0 Å². The second-order valence-electron chi connectivity index (χ2n) is 8.44. The van der Waals surface area contributed by atoms with E-state index in [4.69, 9.17) is 15.5 Å². The predicted octanol–water partition coefficient (Wildman–Crippen LogP) is 4.37. The van der Waals surface area contributed by atoms with E-state index < -0.39 is 0 Å². The predicted molar refractivity (Wildman–Crippen MR) is 123 cm³/mol. The second kappa shape index (κ2) is 8.04. The van der Waals surface area contributed by atoms with Crippen LogP contribution < -0.4 is 10.5 Å². The molecule has 2 heterocycles. The maximum Gasteiger partial charge on any atom is 0.150 e. The standard InChI is InChI=1S/C25H27N5O/c1-29(2)20-13-19(14-20)25-28-22(23-24(26)27-11-12-30(23)25)18-9-6-10-21(15-18)31-16-17-7-4-3-5-8-17/h3-12,15,19-20H,13-14,16H2,1-2H3,(H2,26,27)/t19-,20+. The van der Waals surface area contributed by atoms with Crippen LogP contribution in [-0.4, -0.2) is 39.4 Å². The van der Waals surface area contributed by atoms with Crippen molar-refractivity contribution in [3.8, 4) is 17.0 Å². The summed E-state index contributed by atoms with van der Waals surface area (Å²) in [5.74, 6) is 2.79. The van der Waals surface area contributed by atoms with Crippen LogP contribution >= 0.6 is 0 Å². The smallest absolute Gasteiger partial charge is 0.150 e. The van der Waals surface area contributed by atoms with Gasteiger partial charge in [0.25, 0.3) is 0 Å². The van der Waals surface area contributed by atoms with Crippen LogP contribution in [0, 0.1) is 0 Å². The van der Waals surface area contributed by atoms with Gasteiger partial charge in [0.15, 0.2) is 0 Å². The van der Waals surface area contributed by atoms with Gasteiger partial charge in [-0.15, -0.1) is 0 Å². The highest BCUT2D eigenvalue weighted by molar-refractivity contribution is 5.85. The normalized spacial score (nSPS) is 18.3. The van der Waals surface area contributed by atoms with Gasteiger partial charge >= 0.3 is 0 Å². The lowest BCUT2D eigenvalue weighted by molar-refractivity contribution is 0.161. The average Bonchev–Trinajstić information content (AvgIpc) is 3.13. The first-order valence-electron chi connectivity index (χ1n) is 10.7. The highest BCUT2D eigenvalue weighted by Crippen LogP contribution is 2.41. The number of benzene rings is 2. The molecular formula is C25H27N5O. The molecular weight excluding hydrogens is 386 g/mol. The molecule has 1 saturated carbocycles. The lowest BCUT2D eigenvalue weighted by Gasteiger charge is -2.38. The zero-order chi connectivity index (χ0) is 21.4. The van der Waals surface area contributed by atoms with Crippen molar-refractivity contribution in [1.82, 2.24) is 19.3 Å². The Morgan fingerprint density at radius 1 is 1.10 bits per heavy atom. The largest absolute Gasteiger partial charge is 0.489 e. The third-order valence-corrected chi connectivity index (χ3v) is 6.17. The quantitative estimate of drug-likeness (QED) is 0.508. The summed E-state index contributed by atoms with van der Waals surface area (Å²) >= 11 is 0. The molecule has 2 N–H and O–H groups in total. The van der Waals surface area contributed by atoms with Crippen molar-refractivity contribution in [3.63, 3.8) is 0 Å². The maximum atomic E-state index is 6.30. The fourth-order valence-corrected chi connectivity index (χ4v) is 4.27. The fourth-order valence-electron chi connectivity index (χ4n) is 4.27. The molecule has 6 heteroatoms. The van der Waals surface area contributed by atoms with Crippen molar-refractivity contribution in [2.45, 2.75) is 31.4 Å². The maximum absolute atomic E-state index is 6.30. The van der Waals surface area contributed by atoms with Crippen molar-refractivity contribution < 1.29 is 4.74 Å². The number of anilines is 1. The van der Waals surface area contributed by atoms with Gasteiger partial charge in [-0.1, -0.05) is 42.5 Å². The molecule has 1 aliphatic rings. The zero-order valence-electron chi connectivity index (χ0n) is 17.9. The number of nitrogens with two attached hydrogens (primary N) is 1. The molecule has 4 aromatic rings. The summed E-state index contributed by atoms with van der Waals surface area (Å²) in [6.45, 7) is 0.525. The Balaban J connectivity index is 1.47. The minimum absolute atomic E-state index is 0.424. The summed E-state index contributed by atoms with van der Waals surface area (Å²) in [5, 5.41) is 0. The lowest BCUT2D eigenvalue weighted by Crippen LogP contribution is -2.39. The topological polar surface area (TPSA) is 68.7 Å². The molecule has 2 aromatic heterocycles. The highest BCUT2D eigenvalue weighted by atomic mass is 16.5. The van der Waals surface area contributed by atoms with Gasteiger partial charge in [-0.3, -0.25) is 4.40 Å². The second-order valence-corrected chi connectivity index (χ2v) is 8.44. The van der Waals surface area contributed by atoms with E-state index in [-0.39, 0.29) is 0 Å². The van der Waals surface area contributed by atoms with E-state index in [1.54, 1.807) is 6.20 Å². The molecule has 5 rings (SSSR count). The molecule has 0 radical (unpaired) electrons. The molecule has 158 valence electrons. The van der Waals surface area contributed by atoms with Gasteiger partial charge in [0.1, 0.15) is 35.2 Å². The molecule has 0 atom stereocenters. The van der Waals surface area contributed by atoms with Crippen LogP contribution in [0.25, 0.3) is 16.8 Å². The molecule has 0 unspecified atom stereocenters. The lowest BCUT2D eigenvalue weighted by atomic mass is 9.79. The Morgan fingerprint density at radius 2 is 1.90 bits per heavy atom. The van der Waals surface area contributed by atoms with Gasteiger partial charge in [-0.05, 0) is 44.6 Å². The first-order valence-corrected chi connectivity index (χ1v) is 10.7. The van der Waals surface area contributed by atoms with E-state index >= 15 is 0 Å². The average molecular weight is 414 g/mol. The van der Waals surface area contributed by atoms with Crippen LogP contribution in [0.1, 0.15) is 30.1 Å². The van der Waals surface area contributed by atoms with Crippen molar-refractivity contribution in [1.29, 1.82) is 0 Å². The van der Waals surface area contributed by atoms with E-state index in [1.165, 1.54) is 0 Å². The minimum atomic E-state index is 0.424. The van der Waals surface area contributed by atoms with Gasteiger partial charge in [-0.25, -0.2) is 9.97 Å². The molecule has 0 amide bonds. The molecule has 0 saturated heterocycles. The summed E-state index contributed by atoms with van der Waals surface area (Å²) in [6, 6.07) is 18.8. The van der Waals surface area contributed by atoms with E-state index in [2.05, 4.69) is 46.6 Å². The summed E-state index contributed by atoms with van der Waals surface area (Å²) < 4.78 is 8.15. The number of hydrogen-bond donors (Lipinski definition) is 1. The van der Waals surface area contributed by atoms with Crippen LogP contribution in [0.3, 0.4) is 0 Å². The van der Waals surface area contributed by atoms with E-state index in [0.717, 1.165) is 46.8 Å². The highest BCUT2D eigenvalue weighted by Gasteiger charge is 2.35. The number of nitrogens with zero attached hydrogens (tertiary/aromatic N) is 4. The first-order chi connectivity index (χ1) is 15.1. The Hall–Kier alpha value is -3.38. The molecule has 2 aromatic carbocycles. The number of aromatic nitrogens is 3. The number of fused-ring (bicyclic) bond motifs is 1. The van der Waals surface area contributed by atoms with Crippen LogP contribution in [0.4, 0.5) is 5.82 Å². The summed E-state index contributed by atoms with van der Waals surface area (Å²) in [4.78, 5) is 11.7. The Morgan fingerprint density at radius 3 is 2.68 bits per heavy atom. The number of nitrogen functional groups attached to an aromatic ring is 1. The van der Waals surface area contributed by atoms with Gasteiger partial charge in [0, 0.05) is 29.9 Å². The number of hydrogen-bond acceptors (Lipinski definition) is 5. The number of imidazole rings is 1. The zero-order valence-corrected chi connectivity index (χ0v) is 17.9. The van der Waals surface area contributed by atoms with Crippen molar-refractivity contribution in [3.05, 3.63) is 78.4 Å². The van der Waals surface area contributed by atoms with Gasteiger partial charge in [0.2, 0.25) is 0 Å². The van der Waals surface area contributed by atoms with Crippen molar-refractivity contribution in [2.75, 3.05) is 19.8 Å². The minimum Gasteiger partial charge on any atom is -0.489 e. The van der Waals surface area contributed by atoms with Crippen molar-refractivity contribution in [2.24, 2.45) is 0 Å².